The molecule has 2 aromatic carbocycles. The van der Waals surface area contributed by atoms with Gasteiger partial charge in [-0.1, -0.05) is 18.2 Å². The van der Waals surface area contributed by atoms with E-state index in [0.29, 0.717) is 5.69 Å². The molecule has 1 amide bonds. The number of sulfonamides is 1. The third kappa shape index (κ3) is 4.89. The zero-order chi connectivity index (χ0) is 17.0. The van der Waals surface area contributed by atoms with Gasteiger partial charge in [0, 0.05) is 4.47 Å². The summed E-state index contributed by atoms with van der Waals surface area (Å²) >= 11 is 3.36. The summed E-state index contributed by atoms with van der Waals surface area (Å²) in [4.78, 5) is 12.1. The summed E-state index contributed by atoms with van der Waals surface area (Å²) in [6, 6.07) is 12.0. The number of hydrogen-bond acceptors (Lipinski definition) is 3. The molecule has 0 heterocycles. The van der Waals surface area contributed by atoms with Crippen molar-refractivity contribution < 1.29 is 13.2 Å². The first-order valence-electron chi connectivity index (χ1n) is 6.90. The normalized spacial score (nSPS) is 11.3. The predicted molar refractivity (Wildman–Crippen MR) is 93.9 cm³/mol. The molecule has 2 aromatic rings. The van der Waals surface area contributed by atoms with Gasteiger partial charge in [-0.25, -0.2) is 13.1 Å². The Morgan fingerprint density at radius 3 is 2.43 bits per heavy atom. The van der Waals surface area contributed by atoms with E-state index in [1.54, 1.807) is 31.2 Å². The Labute approximate surface area is 144 Å². The second kappa shape index (κ2) is 7.25. The molecule has 0 bridgehead atoms. The number of benzene rings is 2. The molecular formula is C16H17BrN2O3S. The molecule has 0 spiro atoms. The second-order valence-corrected chi connectivity index (χ2v) is 7.79. The fourth-order valence-corrected chi connectivity index (χ4v) is 3.62. The van der Waals surface area contributed by atoms with Gasteiger partial charge < -0.3 is 5.32 Å². The molecule has 0 aliphatic heterocycles. The van der Waals surface area contributed by atoms with E-state index in [9.17, 15) is 13.2 Å². The highest BCUT2D eigenvalue weighted by molar-refractivity contribution is 9.10. The third-order valence-electron chi connectivity index (χ3n) is 3.12. The molecule has 0 aliphatic rings. The van der Waals surface area contributed by atoms with Gasteiger partial charge in [0.15, 0.2) is 0 Å². The molecule has 0 aliphatic carbocycles. The predicted octanol–water partition coefficient (Wildman–Crippen LogP) is 2.98. The first kappa shape index (κ1) is 17.7. The Morgan fingerprint density at radius 2 is 1.78 bits per heavy atom. The SMILES string of the molecule is Cc1cccc(S(=O)(=O)NCC(=O)Nc2ccc(C)cc2Br)c1. The van der Waals surface area contributed by atoms with Gasteiger partial charge in [0.25, 0.3) is 0 Å². The zero-order valence-corrected chi connectivity index (χ0v) is 15.2. The standard InChI is InChI=1S/C16H17BrN2O3S/c1-11-4-3-5-13(8-11)23(21,22)18-10-16(20)19-15-7-6-12(2)9-14(15)17/h3-9,18H,10H2,1-2H3,(H,19,20). The van der Waals surface area contributed by atoms with E-state index in [4.69, 9.17) is 0 Å². The maximum absolute atomic E-state index is 12.2. The van der Waals surface area contributed by atoms with Crippen LogP contribution in [0.15, 0.2) is 51.8 Å². The maximum atomic E-state index is 12.2. The van der Waals surface area contributed by atoms with E-state index < -0.39 is 15.9 Å². The number of rotatable bonds is 5. The molecule has 0 saturated carbocycles. The van der Waals surface area contributed by atoms with Gasteiger partial charge in [-0.05, 0) is 65.2 Å². The first-order valence-corrected chi connectivity index (χ1v) is 9.18. The fourth-order valence-electron chi connectivity index (χ4n) is 1.94. The van der Waals surface area contributed by atoms with E-state index in [2.05, 4.69) is 26.0 Å². The molecule has 0 aromatic heterocycles. The molecule has 0 radical (unpaired) electrons. The molecule has 0 atom stereocenters. The Kier molecular flexibility index (Phi) is 5.56. The minimum Gasteiger partial charge on any atom is -0.324 e. The zero-order valence-electron chi connectivity index (χ0n) is 12.8. The second-order valence-electron chi connectivity index (χ2n) is 5.17. The van der Waals surface area contributed by atoms with Gasteiger partial charge in [0.2, 0.25) is 15.9 Å². The van der Waals surface area contributed by atoms with E-state index >= 15 is 0 Å². The summed E-state index contributed by atoms with van der Waals surface area (Å²) in [6.45, 7) is 3.41. The van der Waals surface area contributed by atoms with Crippen molar-refractivity contribution in [1.82, 2.24) is 4.72 Å². The Morgan fingerprint density at radius 1 is 1.09 bits per heavy atom. The third-order valence-corrected chi connectivity index (χ3v) is 5.18. The van der Waals surface area contributed by atoms with Crippen LogP contribution in [0, 0.1) is 13.8 Å². The average Bonchev–Trinajstić information content (AvgIpc) is 2.48. The highest BCUT2D eigenvalue weighted by Gasteiger charge is 2.16. The number of nitrogens with one attached hydrogen (secondary N) is 2. The van der Waals surface area contributed by atoms with Crippen LogP contribution in [0.2, 0.25) is 0 Å². The number of hydrogen-bond donors (Lipinski definition) is 2. The number of anilines is 1. The summed E-state index contributed by atoms with van der Waals surface area (Å²) in [6.07, 6.45) is 0. The molecule has 5 nitrogen and oxygen atoms in total. The lowest BCUT2D eigenvalue weighted by Crippen LogP contribution is -2.33. The van der Waals surface area contributed by atoms with Gasteiger partial charge in [-0.15, -0.1) is 0 Å². The van der Waals surface area contributed by atoms with Crippen LogP contribution in [0.3, 0.4) is 0 Å². The molecule has 23 heavy (non-hydrogen) atoms. The Balaban J connectivity index is 2.01. The van der Waals surface area contributed by atoms with Crippen molar-refractivity contribution in [3.63, 3.8) is 0 Å². The van der Waals surface area contributed by atoms with Crippen molar-refractivity contribution in [2.75, 3.05) is 11.9 Å². The molecule has 0 unspecified atom stereocenters. The van der Waals surface area contributed by atoms with Gasteiger partial charge in [0.05, 0.1) is 17.1 Å². The molecule has 0 saturated heterocycles. The lowest BCUT2D eigenvalue weighted by molar-refractivity contribution is -0.115. The summed E-state index contributed by atoms with van der Waals surface area (Å²) in [5.41, 5.74) is 2.48. The topological polar surface area (TPSA) is 75.3 Å². The van der Waals surface area contributed by atoms with Crippen LogP contribution in [0.25, 0.3) is 0 Å². The van der Waals surface area contributed by atoms with Crippen molar-refractivity contribution >= 4 is 37.5 Å². The maximum Gasteiger partial charge on any atom is 0.241 e. The highest BCUT2D eigenvalue weighted by Crippen LogP contribution is 2.23. The number of carbonyl (C=O) groups excluding carboxylic acids is 1. The van der Waals surface area contributed by atoms with Crippen molar-refractivity contribution in [2.24, 2.45) is 0 Å². The Bertz CT molecular complexity index is 835. The van der Waals surface area contributed by atoms with Crippen molar-refractivity contribution in [3.05, 3.63) is 58.1 Å². The van der Waals surface area contributed by atoms with Crippen LogP contribution >= 0.6 is 15.9 Å². The minimum absolute atomic E-state index is 0.141. The first-order chi connectivity index (χ1) is 10.8. The number of aryl methyl sites for hydroxylation is 2. The minimum atomic E-state index is -3.71. The molecule has 2 rings (SSSR count). The van der Waals surface area contributed by atoms with E-state index in [0.717, 1.165) is 15.6 Å². The molecule has 7 heteroatoms. The van der Waals surface area contributed by atoms with Gasteiger partial charge in [-0.3, -0.25) is 4.79 Å². The summed E-state index contributed by atoms with van der Waals surface area (Å²) in [7, 11) is -3.71. The number of amides is 1. The lowest BCUT2D eigenvalue weighted by Gasteiger charge is -2.10. The van der Waals surface area contributed by atoms with Crippen LogP contribution in [-0.2, 0) is 14.8 Å². The average molecular weight is 397 g/mol. The fraction of sp³-hybridized carbons (Fsp3) is 0.188. The van der Waals surface area contributed by atoms with Crippen molar-refractivity contribution in [2.45, 2.75) is 18.7 Å². The molecule has 2 N–H and O–H groups in total. The van der Waals surface area contributed by atoms with Crippen LogP contribution in [0.1, 0.15) is 11.1 Å². The van der Waals surface area contributed by atoms with Crippen LogP contribution in [0.4, 0.5) is 5.69 Å². The molecular weight excluding hydrogens is 380 g/mol. The quantitative estimate of drug-likeness (QED) is 0.815. The van der Waals surface area contributed by atoms with Crippen molar-refractivity contribution in [3.8, 4) is 0 Å². The van der Waals surface area contributed by atoms with Crippen LogP contribution < -0.4 is 10.0 Å². The lowest BCUT2D eigenvalue weighted by atomic mass is 10.2. The van der Waals surface area contributed by atoms with E-state index in [1.807, 2.05) is 19.1 Å². The van der Waals surface area contributed by atoms with Crippen LogP contribution in [-0.4, -0.2) is 20.9 Å². The largest absolute Gasteiger partial charge is 0.324 e. The smallest absolute Gasteiger partial charge is 0.241 e. The summed E-state index contributed by atoms with van der Waals surface area (Å²) in [5.74, 6) is -0.439. The van der Waals surface area contributed by atoms with E-state index in [1.165, 1.54) is 6.07 Å². The van der Waals surface area contributed by atoms with Gasteiger partial charge in [-0.2, -0.15) is 0 Å². The van der Waals surface area contributed by atoms with Gasteiger partial charge in [0.1, 0.15) is 0 Å². The summed E-state index contributed by atoms with van der Waals surface area (Å²) in [5, 5.41) is 2.66. The number of halogens is 1. The highest BCUT2D eigenvalue weighted by atomic mass is 79.9. The summed E-state index contributed by atoms with van der Waals surface area (Å²) < 4.78 is 27.3. The van der Waals surface area contributed by atoms with Crippen LogP contribution in [0.5, 0.6) is 0 Å². The van der Waals surface area contributed by atoms with E-state index in [-0.39, 0.29) is 11.4 Å². The molecule has 0 fully saturated rings. The van der Waals surface area contributed by atoms with Crippen molar-refractivity contribution in [1.29, 1.82) is 0 Å². The molecule has 122 valence electrons. The number of carbonyl (C=O) groups is 1. The monoisotopic (exact) mass is 396 g/mol. The Hall–Kier alpha value is -1.70. The van der Waals surface area contributed by atoms with Gasteiger partial charge >= 0.3 is 0 Å².